The number of ether oxygens (including phenoxy) is 2. The van der Waals surface area contributed by atoms with Crippen molar-refractivity contribution in [3.05, 3.63) is 35.5 Å². The SMILES string of the molecule is C[C@@H](C(=O)N[C@H](C(=O)N1CCN(C(=O)c2cc3cc(F)c(F)cc3n2CCOCCOCCO)CC1)C1CCCCC1)N(C)C(=O)O. The highest BCUT2D eigenvalue weighted by Crippen LogP contribution is 2.29. The molecule has 2 aliphatic rings. The van der Waals surface area contributed by atoms with E-state index in [2.05, 4.69) is 5.32 Å². The highest BCUT2D eigenvalue weighted by atomic mass is 19.2. The Balaban J connectivity index is 1.44. The molecule has 2 heterocycles. The number of carbonyl (C=O) groups is 4. The monoisotopic (exact) mass is 665 g/mol. The molecule has 1 saturated carbocycles. The number of amides is 4. The molecular formula is C32H45F2N5O8. The molecule has 3 N–H and O–H groups in total. The number of carboxylic acid groups (broad SMARTS) is 1. The number of likely N-dealkylation sites (N-methyl/N-ethyl adjacent to an activating group) is 1. The Hall–Kier alpha value is -3.82. The Labute approximate surface area is 272 Å². The lowest BCUT2D eigenvalue weighted by atomic mass is 9.83. The highest BCUT2D eigenvalue weighted by molar-refractivity contribution is 5.99. The van der Waals surface area contributed by atoms with Crippen LogP contribution in [0.15, 0.2) is 18.2 Å². The first kappa shape index (κ1) is 36.0. The predicted molar refractivity (Wildman–Crippen MR) is 167 cm³/mol. The fraction of sp³-hybridized carbons (Fsp3) is 0.625. The van der Waals surface area contributed by atoms with Gasteiger partial charge in [-0.1, -0.05) is 19.3 Å². The number of benzene rings is 1. The third kappa shape index (κ3) is 8.96. The van der Waals surface area contributed by atoms with E-state index in [9.17, 15) is 33.1 Å². The minimum atomic E-state index is -1.25. The largest absolute Gasteiger partial charge is 0.465 e. The smallest absolute Gasteiger partial charge is 0.407 e. The lowest BCUT2D eigenvalue weighted by Gasteiger charge is -2.39. The zero-order chi connectivity index (χ0) is 34.1. The molecular weight excluding hydrogens is 620 g/mol. The average molecular weight is 666 g/mol. The van der Waals surface area contributed by atoms with Crippen molar-refractivity contribution in [3.63, 3.8) is 0 Å². The van der Waals surface area contributed by atoms with E-state index < -0.39 is 35.7 Å². The van der Waals surface area contributed by atoms with Crippen molar-refractivity contribution in [1.29, 1.82) is 0 Å². The molecule has 13 nitrogen and oxygen atoms in total. The first-order valence-corrected chi connectivity index (χ1v) is 16.1. The van der Waals surface area contributed by atoms with Gasteiger partial charge in [0.2, 0.25) is 11.8 Å². The van der Waals surface area contributed by atoms with Crippen LogP contribution in [-0.2, 0) is 25.6 Å². The average Bonchev–Trinajstić information content (AvgIpc) is 3.42. The number of fused-ring (bicyclic) bond motifs is 1. The Morgan fingerprint density at radius 3 is 2.19 bits per heavy atom. The van der Waals surface area contributed by atoms with Crippen molar-refractivity contribution in [3.8, 4) is 0 Å². The van der Waals surface area contributed by atoms with Crippen molar-refractivity contribution in [1.82, 2.24) is 24.6 Å². The summed E-state index contributed by atoms with van der Waals surface area (Å²) in [5, 5.41) is 21.3. The molecule has 1 aliphatic heterocycles. The summed E-state index contributed by atoms with van der Waals surface area (Å²) in [6, 6.07) is 1.83. The highest BCUT2D eigenvalue weighted by Gasteiger charge is 2.37. The molecule has 2 fully saturated rings. The second kappa shape index (κ2) is 16.8. The van der Waals surface area contributed by atoms with Crippen molar-refractivity contribution in [2.75, 3.05) is 66.3 Å². The summed E-state index contributed by atoms with van der Waals surface area (Å²) in [5.74, 6) is -3.31. The van der Waals surface area contributed by atoms with Crippen molar-refractivity contribution in [2.24, 2.45) is 5.92 Å². The number of aliphatic hydroxyl groups excluding tert-OH is 1. The molecule has 4 amide bonds. The van der Waals surface area contributed by atoms with Crippen LogP contribution in [0.1, 0.15) is 49.5 Å². The van der Waals surface area contributed by atoms with E-state index in [4.69, 9.17) is 14.6 Å². The number of hydrogen-bond donors (Lipinski definition) is 3. The molecule has 0 bridgehead atoms. The molecule has 260 valence electrons. The van der Waals surface area contributed by atoms with Crippen LogP contribution in [0.25, 0.3) is 10.9 Å². The van der Waals surface area contributed by atoms with Gasteiger partial charge in [-0.25, -0.2) is 13.6 Å². The Morgan fingerprint density at radius 2 is 1.55 bits per heavy atom. The number of nitrogens with one attached hydrogen (secondary N) is 1. The fourth-order valence-electron chi connectivity index (χ4n) is 6.17. The molecule has 2 atom stereocenters. The van der Waals surface area contributed by atoms with E-state index in [1.807, 2.05) is 0 Å². The number of rotatable bonds is 14. The van der Waals surface area contributed by atoms with Gasteiger partial charge < -0.3 is 39.4 Å². The van der Waals surface area contributed by atoms with Gasteiger partial charge in [-0.05, 0) is 37.8 Å². The first-order chi connectivity index (χ1) is 22.5. The van der Waals surface area contributed by atoms with Gasteiger partial charge >= 0.3 is 6.09 Å². The molecule has 0 unspecified atom stereocenters. The zero-order valence-electron chi connectivity index (χ0n) is 27.0. The number of aliphatic hydroxyl groups is 1. The second-order valence-electron chi connectivity index (χ2n) is 12.0. The molecule has 1 saturated heterocycles. The quantitative estimate of drug-likeness (QED) is 0.260. The van der Waals surface area contributed by atoms with Gasteiger partial charge in [-0.15, -0.1) is 0 Å². The van der Waals surface area contributed by atoms with Gasteiger partial charge in [-0.2, -0.15) is 0 Å². The predicted octanol–water partition coefficient (Wildman–Crippen LogP) is 2.29. The zero-order valence-corrected chi connectivity index (χ0v) is 27.0. The molecule has 0 radical (unpaired) electrons. The third-order valence-corrected chi connectivity index (χ3v) is 9.06. The summed E-state index contributed by atoms with van der Waals surface area (Å²) >= 11 is 0. The van der Waals surface area contributed by atoms with Crippen LogP contribution in [0.5, 0.6) is 0 Å². The minimum Gasteiger partial charge on any atom is -0.465 e. The Kier molecular flexibility index (Phi) is 12.9. The number of nitrogens with zero attached hydrogens (tertiary/aromatic N) is 4. The third-order valence-electron chi connectivity index (χ3n) is 9.06. The number of piperazine rings is 1. The number of halogens is 2. The molecule has 2 aromatic rings. The van der Waals surface area contributed by atoms with Gasteiger partial charge in [0.1, 0.15) is 17.8 Å². The van der Waals surface area contributed by atoms with Crippen molar-refractivity contribution < 1.29 is 47.6 Å². The van der Waals surface area contributed by atoms with Gasteiger partial charge in [0.05, 0.1) is 38.6 Å². The van der Waals surface area contributed by atoms with E-state index in [0.717, 1.165) is 49.1 Å². The summed E-state index contributed by atoms with van der Waals surface area (Å²) in [6.45, 7) is 3.27. The number of aromatic nitrogens is 1. The van der Waals surface area contributed by atoms with E-state index in [-0.39, 0.29) is 89.2 Å². The molecule has 4 rings (SSSR count). The lowest BCUT2D eigenvalue weighted by Crippen LogP contribution is -2.59. The van der Waals surface area contributed by atoms with Gasteiger partial charge in [0, 0.05) is 51.2 Å². The van der Waals surface area contributed by atoms with E-state index >= 15 is 0 Å². The number of carbonyl (C=O) groups excluding carboxylic acids is 3. The minimum absolute atomic E-state index is 0.0813. The summed E-state index contributed by atoms with van der Waals surface area (Å²) in [5.41, 5.74) is 0.573. The summed E-state index contributed by atoms with van der Waals surface area (Å²) in [6.07, 6.45) is 3.20. The normalized spacial score (nSPS) is 17.0. The first-order valence-electron chi connectivity index (χ1n) is 16.1. The maximum Gasteiger partial charge on any atom is 0.407 e. The van der Waals surface area contributed by atoms with E-state index in [0.29, 0.717) is 10.9 Å². The molecule has 0 spiro atoms. The molecule has 47 heavy (non-hydrogen) atoms. The van der Waals surface area contributed by atoms with Crippen LogP contribution in [0.2, 0.25) is 0 Å². The molecule has 1 aromatic heterocycles. The fourth-order valence-corrected chi connectivity index (χ4v) is 6.17. The topological polar surface area (TPSA) is 154 Å². The maximum absolute atomic E-state index is 14.2. The standard InChI is InChI=1S/C32H45F2N5O8/c1-21(36(2)32(44)45)29(41)35-28(22-6-4-3-5-7-22)31(43)38-10-8-37(9-11-38)30(42)27-19-23-18-24(33)25(34)20-26(23)39(27)12-14-46-16-17-47-15-13-40/h18-22,28,40H,3-17H2,1-2H3,(H,35,41)(H,44,45)/t21-,28-/m0/s1. The van der Waals surface area contributed by atoms with Gasteiger partial charge in [-0.3, -0.25) is 19.3 Å². The second-order valence-corrected chi connectivity index (χ2v) is 12.0. The van der Waals surface area contributed by atoms with E-state index in [1.165, 1.54) is 20.0 Å². The van der Waals surface area contributed by atoms with Crippen LogP contribution < -0.4 is 5.32 Å². The van der Waals surface area contributed by atoms with Crippen LogP contribution in [-0.4, -0.2) is 132 Å². The summed E-state index contributed by atoms with van der Waals surface area (Å²) < 4.78 is 40.7. The van der Waals surface area contributed by atoms with Crippen molar-refractivity contribution >= 4 is 34.7 Å². The number of hydrogen-bond acceptors (Lipinski definition) is 7. The van der Waals surface area contributed by atoms with Crippen LogP contribution >= 0.6 is 0 Å². The Morgan fingerprint density at radius 1 is 0.936 bits per heavy atom. The van der Waals surface area contributed by atoms with Crippen LogP contribution in [0, 0.1) is 17.6 Å². The summed E-state index contributed by atoms with van der Waals surface area (Å²) in [7, 11) is 1.30. The van der Waals surface area contributed by atoms with Crippen molar-refractivity contribution in [2.45, 2.75) is 57.7 Å². The van der Waals surface area contributed by atoms with Gasteiger partial charge in [0.25, 0.3) is 5.91 Å². The maximum atomic E-state index is 14.2. The molecule has 15 heteroatoms. The van der Waals surface area contributed by atoms with E-state index in [1.54, 1.807) is 14.4 Å². The molecule has 1 aliphatic carbocycles. The van der Waals surface area contributed by atoms with Gasteiger partial charge in [0.15, 0.2) is 11.6 Å². The summed E-state index contributed by atoms with van der Waals surface area (Å²) in [4.78, 5) is 56.1. The van der Waals surface area contributed by atoms with Crippen LogP contribution in [0.4, 0.5) is 13.6 Å². The van der Waals surface area contributed by atoms with Crippen LogP contribution in [0.3, 0.4) is 0 Å². The Bertz CT molecular complexity index is 1410. The lowest BCUT2D eigenvalue weighted by molar-refractivity contribution is -0.140. The molecule has 1 aromatic carbocycles.